The molecule has 3 N–H and O–H groups in total. The molecule has 4 aromatic rings. The van der Waals surface area contributed by atoms with Crippen molar-refractivity contribution in [3.05, 3.63) is 78.0 Å². The lowest BCUT2D eigenvalue weighted by atomic mass is 10.0. The molecular formula is C26H25F3N8O3. The Morgan fingerprint density at radius 1 is 1.05 bits per heavy atom. The summed E-state index contributed by atoms with van der Waals surface area (Å²) in [5.74, 6) is -0.643. The number of rotatable bonds is 11. The number of ether oxygens (including phenoxy) is 1. The lowest BCUT2D eigenvalue weighted by Crippen LogP contribution is -2.25. The van der Waals surface area contributed by atoms with Gasteiger partial charge in [0.1, 0.15) is 5.75 Å². The van der Waals surface area contributed by atoms with Crippen LogP contribution in [0.15, 0.2) is 61.1 Å². The van der Waals surface area contributed by atoms with Crippen LogP contribution in [0.5, 0.6) is 5.75 Å². The Morgan fingerprint density at radius 3 is 2.62 bits per heavy atom. The SMILES string of the molecule is CC(CCCNC(=O)c1c[nH]nn1)c1ccc(NC(=O)Cc2cncc(-c3cccc(OC(F)(F)F)c3)c2)nn1. The number of benzene rings is 1. The average Bonchev–Trinajstić information content (AvgIpc) is 3.46. The minimum Gasteiger partial charge on any atom is -0.406 e. The first kappa shape index (κ1) is 28.1. The molecule has 3 heterocycles. The van der Waals surface area contributed by atoms with Crippen LogP contribution < -0.4 is 15.4 Å². The summed E-state index contributed by atoms with van der Waals surface area (Å²) in [7, 11) is 0. The number of nitrogens with zero attached hydrogens (tertiary/aromatic N) is 5. The van der Waals surface area contributed by atoms with E-state index in [-0.39, 0.29) is 41.4 Å². The van der Waals surface area contributed by atoms with E-state index in [1.165, 1.54) is 36.8 Å². The molecule has 1 atom stereocenters. The minimum atomic E-state index is -4.80. The molecule has 0 aliphatic rings. The fraction of sp³-hybridized carbons (Fsp3) is 0.269. The number of aromatic amines is 1. The molecule has 3 aromatic heterocycles. The zero-order chi connectivity index (χ0) is 28.5. The van der Waals surface area contributed by atoms with Crippen LogP contribution in [0.1, 0.15) is 47.4 Å². The van der Waals surface area contributed by atoms with Crippen LogP contribution in [0.4, 0.5) is 19.0 Å². The number of aromatic nitrogens is 6. The first-order chi connectivity index (χ1) is 19.2. The van der Waals surface area contributed by atoms with Gasteiger partial charge in [0.05, 0.1) is 18.3 Å². The molecule has 0 radical (unpaired) electrons. The van der Waals surface area contributed by atoms with E-state index in [2.05, 4.69) is 46.0 Å². The molecule has 4 rings (SSSR count). The first-order valence-corrected chi connectivity index (χ1v) is 12.2. The highest BCUT2D eigenvalue weighted by Gasteiger charge is 2.31. The van der Waals surface area contributed by atoms with Gasteiger partial charge in [0.25, 0.3) is 5.91 Å². The lowest BCUT2D eigenvalue weighted by molar-refractivity contribution is -0.274. The maximum absolute atomic E-state index is 12.6. The monoisotopic (exact) mass is 554 g/mol. The van der Waals surface area contributed by atoms with Crippen molar-refractivity contribution >= 4 is 17.6 Å². The maximum Gasteiger partial charge on any atom is 0.573 e. The van der Waals surface area contributed by atoms with E-state index in [9.17, 15) is 22.8 Å². The summed E-state index contributed by atoms with van der Waals surface area (Å²) in [5, 5.41) is 23.4. The van der Waals surface area contributed by atoms with Gasteiger partial charge in [0.2, 0.25) is 5.91 Å². The second-order valence-corrected chi connectivity index (χ2v) is 8.88. The zero-order valence-corrected chi connectivity index (χ0v) is 21.3. The number of hydrogen-bond donors (Lipinski definition) is 3. The van der Waals surface area contributed by atoms with Crippen molar-refractivity contribution in [2.75, 3.05) is 11.9 Å². The van der Waals surface area contributed by atoms with Crippen molar-refractivity contribution in [2.45, 2.75) is 38.5 Å². The number of alkyl halides is 3. The molecule has 11 nitrogen and oxygen atoms in total. The number of carbonyl (C=O) groups is 2. The van der Waals surface area contributed by atoms with Crippen molar-refractivity contribution in [1.82, 2.24) is 35.9 Å². The van der Waals surface area contributed by atoms with Crippen LogP contribution in [0, 0.1) is 0 Å². The molecule has 14 heteroatoms. The Hall–Kier alpha value is -4.88. The Kier molecular flexibility index (Phi) is 8.99. The molecule has 40 heavy (non-hydrogen) atoms. The van der Waals surface area contributed by atoms with Gasteiger partial charge in [-0.1, -0.05) is 24.3 Å². The summed E-state index contributed by atoms with van der Waals surface area (Å²) in [6, 6.07) is 10.6. The zero-order valence-electron chi connectivity index (χ0n) is 21.3. The summed E-state index contributed by atoms with van der Waals surface area (Å²) in [6.07, 6.45) is 1.07. The topological polar surface area (TPSA) is 148 Å². The van der Waals surface area contributed by atoms with Gasteiger partial charge in [-0.05, 0) is 54.3 Å². The quantitative estimate of drug-likeness (QED) is 0.235. The minimum absolute atomic E-state index is 0.0283. The second kappa shape index (κ2) is 12.8. The van der Waals surface area contributed by atoms with Crippen LogP contribution >= 0.6 is 0 Å². The Labute approximate surface area is 226 Å². The van der Waals surface area contributed by atoms with E-state index in [0.717, 1.165) is 18.5 Å². The summed E-state index contributed by atoms with van der Waals surface area (Å²) in [5.41, 5.74) is 2.53. The maximum atomic E-state index is 12.6. The van der Waals surface area contributed by atoms with Crippen molar-refractivity contribution in [3.8, 4) is 16.9 Å². The normalized spacial score (nSPS) is 12.0. The average molecular weight is 555 g/mol. The summed E-state index contributed by atoms with van der Waals surface area (Å²) >= 11 is 0. The highest BCUT2D eigenvalue weighted by Crippen LogP contribution is 2.28. The van der Waals surface area contributed by atoms with E-state index < -0.39 is 6.36 Å². The number of carbonyl (C=O) groups excluding carboxylic acids is 2. The number of H-pyrrole nitrogens is 1. The molecule has 0 aliphatic carbocycles. The van der Waals surface area contributed by atoms with E-state index in [1.807, 2.05) is 6.92 Å². The van der Waals surface area contributed by atoms with Crippen molar-refractivity contribution in [2.24, 2.45) is 0 Å². The lowest BCUT2D eigenvalue weighted by Gasteiger charge is -2.11. The van der Waals surface area contributed by atoms with Crippen molar-refractivity contribution < 1.29 is 27.5 Å². The fourth-order valence-electron chi connectivity index (χ4n) is 3.82. The molecule has 0 saturated carbocycles. The van der Waals surface area contributed by atoms with Crippen LogP contribution in [0.3, 0.4) is 0 Å². The van der Waals surface area contributed by atoms with Gasteiger partial charge in [-0.15, -0.1) is 23.4 Å². The standard InChI is InChI=1S/C26H25F3N8O3/c1-16(4-3-9-31-25(39)22-15-32-37-35-22)21-7-8-23(36-34-21)33-24(38)11-17-10-19(14-30-13-17)18-5-2-6-20(12-18)40-26(27,28)29/h2,5-8,10,12-16H,3-4,9,11H2,1H3,(H,31,39)(H,32,35,37)(H,33,36,38). The third-order valence-corrected chi connectivity index (χ3v) is 5.77. The third kappa shape index (κ3) is 8.31. The molecule has 1 aromatic carbocycles. The van der Waals surface area contributed by atoms with Gasteiger partial charge in [0, 0.05) is 30.4 Å². The Bertz CT molecular complexity index is 1430. The van der Waals surface area contributed by atoms with Crippen LogP contribution in [-0.2, 0) is 11.2 Å². The fourth-order valence-corrected chi connectivity index (χ4v) is 3.82. The number of amides is 2. The molecule has 0 aliphatic heterocycles. The Morgan fingerprint density at radius 2 is 1.90 bits per heavy atom. The second-order valence-electron chi connectivity index (χ2n) is 8.88. The van der Waals surface area contributed by atoms with E-state index >= 15 is 0 Å². The van der Waals surface area contributed by atoms with Crippen molar-refractivity contribution in [3.63, 3.8) is 0 Å². The number of pyridine rings is 1. The van der Waals surface area contributed by atoms with Crippen LogP contribution in [-0.4, -0.2) is 55.3 Å². The molecular weight excluding hydrogens is 529 g/mol. The van der Waals surface area contributed by atoms with Crippen LogP contribution in [0.2, 0.25) is 0 Å². The predicted octanol–water partition coefficient (Wildman–Crippen LogP) is 4.05. The molecule has 208 valence electrons. The number of nitrogens with one attached hydrogen (secondary N) is 3. The van der Waals surface area contributed by atoms with E-state index in [4.69, 9.17) is 0 Å². The van der Waals surface area contributed by atoms with Crippen molar-refractivity contribution in [1.29, 1.82) is 0 Å². The number of anilines is 1. The molecule has 0 fully saturated rings. The van der Waals surface area contributed by atoms with E-state index in [0.29, 0.717) is 23.2 Å². The van der Waals surface area contributed by atoms with Gasteiger partial charge in [0.15, 0.2) is 11.5 Å². The largest absolute Gasteiger partial charge is 0.573 e. The molecule has 0 bridgehead atoms. The highest BCUT2D eigenvalue weighted by atomic mass is 19.4. The molecule has 1 unspecified atom stereocenters. The van der Waals surface area contributed by atoms with Gasteiger partial charge in [-0.3, -0.25) is 19.7 Å². The summed E-state index contributed by atoms with van der Waals surface area (Å²) in [4.78, 5) is 28.5. The van der Waals surface area contributed by atoms with E-state index in [1.54, 1.807) is 24.3 Å². The third-order valence-electron chi connectivity index (χ3n) is 5.77. The molecule has 2 amide bonds. The predicted molar refractivity (Wildman–Crippen MR) is 137 cm³/mol. The molecule has 0 saturated heterocycles. The van der Waals surface area contributed by atoms with Gasteiger partial charge in [-0.25, -0.2) is 0 Å². The van der Waals surface area contributed by atoms with Crippen LogP contribution in [0.25, 0.3) is 11.1 Å². The Balaban J connectivity index is 1.26. The first-order valence-electron chi connectivity index (χ1n) is 12.2. The van der Waals surface area contributed by atoms with Gasteiger partial charge < -0.3 is 15.4 Å². The highest BCUT2D eigenvalue weighted by molar-refractivity contribution is 5.92. The smallest absolute Gasteiger partial charge is 0.406 e. The summed E-state index contributed by atoms with van der Waals surface area (Å²) < 4.78 is 41.6. The molecule has 0 spiro atoms. The van der Waals surface area contributed by atoms with Gasteiger partial charge >= 0.3 is 6.36 Å². The van der Waals surface area contributed by atoms with Gasteiger partial charge in [-0.2, -0.15) is 5.10 Å². The number of halogens is 3. The summed E-state index contributed by atoms with van der Waals surface area (Å²) in [6.45, 7) is 2.47. The number of hydrogen-bond acceptors (Lipinski definition) is 8.